The average Bonchev–Trinajstić information content (AvgIpc) is 2.58. The van der Waals surface area contributed by atoms with Crippen molar-refractivity contribution in [3.63, 3.8) is 0 Å². The van der Waals surface area contributed by atoms with E-state index >= 15 is 0 Å². The van der Waals surface area contributed by atoms with E-state index in [9.17, 15) is 10.2 Å². The van der Waals surface area contributed by atoms with Crippen LogP contribution in [0.2, 0.25) is 0 Å². The van der Waals surface area contributed by atoms with E-state index in [4.69, 9.17) is 19.3 Å². The molecular formula is C9H16O6. The molecule has 2 fully saturated rings. The first-order valence-electron chi connectivity index (χ1n) is 4.90. The number of fused-ring (bicyclic) bond motifs is 1. The fourth-order valence-corrected chi connectivity index (χ4v) is 2.14. The Hall–Kier alpha value is -0.240. The van der Waals surface area contributed by atoms with Gasteiger partial charge in [0.25, 0.3) is 0 Å². The van der Waals surface area contributed by atoms with E-state index in [0.29, 0.717) is 0 Å². The number of rotatable bonds is 2. The molecule has 0 aliphatic carbocycles. The van der Waals surface area contributed by atoms with Crippen LogP contribution in [0.15, 0.2) is 0 Å². The maximum Gasteiger partial charge on any atom is 0.224 e. The predicted molar refractivity (Wildman–Crippen MR) is 47.8 cm³/mol. The van der Waals surface area contributed by atoms with Gasteiger partial charge < -0.3 is 29.5 Å². The van der Waals surface area contributed by atoms with Crippen LogP contribution in [0.4, 0.5) is 0 Å². The summed E-state index contributed by atoms with van der Waals surface area (Å²) in [7, 11) is 0. The van der Waals surface area contributed by atoms with Gasteiger partial charge in [-0.1, -0.05) is 0 Å². The van der Waals surface area contributed by atoms with E-state index in [0.717, 1.165) is 0 Å². The van der Waals surface area contributed by atoms with Crippen LogP contribution in [0.25, 0.3) is 0 Å². The van der Waals surface area contributed by atoms with Crippen LogP contribution < -0.4 is 0 Å². The molecule has 0 aromatic heterocycles. The summed E-state index contributed by atoms with van der Waals surface area (Å²) in [5.41, 5.74) is 0. The molecule has 88 valence electrons. The fraction of sp³-hybridized carbons (Fsp3) is 1.00. The van der Waals surface area contributed by atoms with E-state index in [1.54, 1.807) is 13.8 Å². The monoisotopic (exact) mass is 220 g/mol. The lowest BCUT2D eigenvalue weighted by Crippen LogP contribution is -2.43. The van der Waals surface area contributed by atoms with Gasteiger partial charge in [-0.2, -0.15) is 0 Å². The minimum atomic E-state index is -1.35. The third-order valence-electron chi connectivity index (χ3n) is 2.71. The SMILES string of the molecule is CC1(C)OC2C(O)C(CO)OC2(CO)O1. The summed E-state index contributed by atoms with van der Waals surface area (Å²) in [4.78, 5) is 0. The highest BCUT2D eigenvalue weighted by molar-refractivity contribution is 5.02. The maximum absolute atomic E-state index is 9.79. The largest absolute Gasteiger partial charge is 0.394 e. The first kappa shape index (κ1) is 11.3. The molecular weight excluding hydrogens is 204 g/mol. The Kier molecular flexibility index (Phi) is 2.53. The first-order chi connectivity index (χ1) is 6.94. The van der Waals surface area contributed by atoms with E-state index < -0.39 is 36.5 Å². The zero-order valence-corrected chi connectivity index (χ0v) is 8.71. The summed E-state index contributed by atoms with van der Waals surface area (Å²) in [6.07, 6.45) is -2.54. The molecule has 6 nitrogen and oxygen atoms in total. The van der Waals surface area contributed by atoms with Crippen LogP contribution in [0.1, 0.15) is 13.8 Å². The van der Waals surface area contributed by atoms with E-state index in [1.165, 1.54) is 0 Å². The van der Waals surface area contributed by atoms with Crippen molar-refractivity contribution < 1.29 is 29.5 Å². The van der Waals surface area contributed by atoms with Crippen molar-refractivity contribution in [1.29, 1.82) is 0 Å². The lowest BCUT2D eigenvalue weighted by Gasteiger charge is -2.26. The molecule has 2 rings (SSSR count). The fourth-order valence-electron chi connectivity index (χ4n) is 2.14. The summed E-state index contributed by atoms with van der Waals surface area (Å²) in [5, 5.41) is 28.0. The smallest absolute Gasteiger partial charge is 0.224 e. The lowest BCUT2D eigenvalue weighted by molar-refractivity contribution is -0.276. The predicted octanol–water partition coefficient (Wildman–Crippen LogP) is -1.42. The molecule has 15 heavy (non-hydrogen) atoms. The molecule has 0 amide bonds. The zero-order chi connectivity index (χ0) is 11.3. The van der Waals surface area contributed by atoms with Gasteiger partial charge in [-0.05, 0) is 13.8 Å². The van der Waals surface area contributed by atoms with Crippen LogP contribution in [0.3, 0.4) is 0 Å². The average molecular weight is 220 g/mol. The Bertz CT molecular complexity index is 255. The van der Waals surface area contributed by atoms with Crippen LogP contribution in [0.5, 0.6) is 0 Å². The second kappa shape index (κ2) is 3.38. The Morgan fingerprint density at radius 2 is 1.87 bits per heavy atom. The molecule has 2 aliphatic heterocycles. The van der Waals surface area contributed by atoms with Gasteiger partial charge in [0.1, 0.15) is 24.9 Å². The molecule has 0 spiro atoms. The van der Waals surface area contributed by atoms with Gasteiger partial charge in [-0.15, -0.1) is 0 Å². The molecule has 3 N–H and O–H groups in total. The first-order valence-corrected chi connectivity index (χ1v) is 4.90. The highest BCUT2D eigenvalue weighted by atomic mass is 16.9. The summed E-state index contributed by atoms with van der Waals surface area (Å²) in [5.74, 6) is -2.26. The van der Waals surface area contributed by atoms with Crippen molar-refractivity contribution >= 4 is 0 Å². The van der Waals surface area contributed by atoms with Gasteiger partial charge in [0, 0.05) is 0 Å². The standard InChI is InChI=1S/C9H16O6/c1-8(2)14-7-6(12)5(3-10)13-9(7,4-11)15-8/h5-7,10-12H,3-4H2,1-2H3. The lowest BCUT2D eigenvalue weighted by atomic mass is 10.1. The molecule has 0 radical (unpaired) electrons. The van der Waals surface area contributed by atoms with Gasteiger partial charge in [0.2, 0.25) is 5.79 Å². The minimum Gasteiger partial charge on any atom is -0.394 e. The van der Waals surface area contributed by atoms with Gasteiger partial charge in [-0.25, -0.2) is 0 Å². The molecule has 0 saturated carbocycles. The summed E-state index contributed by atoms with van der Waals surface area (Å²) < 4.78 is 16.2. The second-order valence-electron chi connectivity index (χ2n) is 4.34. The molecule has 4 unspecified atom stereocenters. The van der Waals surface area contributed by atoms with E-state index in [1.807, 2.05) is 0 Å². The Morgan fingerprint density at radius 1 is 1.20 bits per heavy atom. The molecule has 2 aliphatic rings. The van der Waals surface area contributed by atoms with Crippen LogP contribution in [-0.2, 0) is 14.2 Å². The molecule has 0 aromatic rings. The minimum absolute atomic E-state index is 0.341. The van der Waals surface area contributed by atoms with Gasteiger partial charge in [-0.3, -0.25) is 0 Å². The molecule has 0 aromatic carbocycles. The van der Waals surface area contributed by atoms with Gasteiger partial charge in [0.15, 0.2) is 5.79 Å². The highest BCUT2D eigenvalue weighted by Crippen LogP contribution is 2.44. The van der Waals surface area contributed by atoms with E-state index in [-0.39, 0.29) is 6.61 Å². The highest BCUT2D eigenvalue weighted by Gasteiger charge is 2.64. The van der Waals surface area contributed by atoms with Crippen molar-refractivity contribution in [1.82, 2.24) is 0 Å². The third kappa shape index (κ3) is 1.57. The van der Waals surface area contributed by atoms with Crippen molar-refractivity contribution in [2.24, 2.45) is 0 Å². The van der Waals surface area contributed by atoms with Crippen molar-refractivity contribution in [2.75, 3.05) is 13.2 Å². The Morgan fingerprint density at radius 3 is 2.33 bits per heavy atom. The van der Waals surface area contributed by atoms with Gasteiger partial charge in [0.05, 0.1) is 6.61 Å². The van der Waals surface area contributed by atoms with Crippen LogP contribution in [0, 0.1) is 0 Å². The van der Waals surface area contributed by atoms with Crippen LogP contribution in [-0.4, -0.2) is 58.4 Å². The van der Waals surface area contributed by atoms with Crippen molar-refractivity contribution in [2.45, 2.75) is 43.7 Å². The van der Waals surface area contributed by atoms with E-state index in [2.05, 4.69) is 0 Å². The number of hydrogen-bond donors (Lipinski definition) is 3. The summed E-state index contributed by atoms with van der Waals surface area (Å²) >= 11 is 0. The Labute approximate surface area is 87.4 Å². The van der Waals surface area contributed by atoms with Crippen LogP contribution >= 0.6 is 0 Å². The third-order valence-corrected chi connectivity index (χ3v) is 2.71. The number of aliphatic hydroxyl groups excluding tert-OH is 3. The summed E-state index contributed by atoms with van der Waals surface area (Å²) in [6, 6.07) is 0. The Balaban J connectivity index is 2.24. The zero-order valence-electron chi connectivity index (χ0n) is 8.71. The molecule has 0 bridgehead atoms. The topological polar surface area (TPSA) is 88.4 Å². The molecule has 6 heteroatoms. The van der Waals surface area contributed by atoms with Crippen molar-refractivity contribution in [3.05, 3.63) is 0 Å². The number of hydrogen-bond acceptors (Lipinski definition) is 6. The molecule has 2 heterocycles. The molecule has 4 atom stereocenters. The normalized spacial score (nSPS) is 48.2. The quantitative estimate of drug-likeness (QED) is 0.529. The molecule has 2 saturated heterocycles. The summed E-state index contributed by atoms with van der Waals surface area (Å²) in [6.45, 7) is 2.58. The number of ether oxygens (including phenoxy) is 3. The number of aliphatic hydroxyl groups is 3. The second-order valence-corrected chi connectivity index (χ2v) is 4.34. The van der Waals surface area contributed by atoms with Gasteiger partial charge >= 0.3 is 0 Å². The van der Waals surface area contributed by atoms with Crippen molar-refractivity contribution in [3.8, 4) is 0 Å². The maximum atomic E-state index is 9.79.